The van der Waals surface area contributed by atoms with Crippen LogP contribution in [0.15, 0.2) is 12.1 Å². The number of benzene rings is 1. The summed E-state index contributed by atoms with van der Waals surface area (Å²) in [4.78, 5) is 0. The van der Waals surface area contributed by atoms with Gasteiger partial charge in [0, 0.05) is 37.2 Å². The molecule has 0 spiro atoms. The van der Waals surface area contributed by atoms with E-state index in [4.69, 9.17) is 21.1 Å². The maximum Gasteiger partial charge on any atom is 0.127 e. The Hall–Kier alpha value is -0.770. The SMILES string of the molecule is COC(C)CNCc1cc(Cl)cc2c1OCC2. The van der Waals surface area contributed by atoms with Crippen LogP contribution in [0.5, 0.6) is 5.75 Å². The second-order valence-electron chi connectivity index (χ2n) is 4.33. The van der Waals surface area contributed by atoms with Crippen molar-refractivity contribution < 1.29 is 9.47 Å². The van der Waals surface area contributed by atoms with Crippen LogP contribution < -0.4 is 10.1 Å². The van der Waals surface area contributed by atoms with Gasteiger partial charge < -0.3 is 14.8 Å². The molecule has 1 atom stereocenters. The molecule has 3 nitrogen and oxygen atoms in total. The Balaban J connectivity index is 2.01. The highest BCUT2D eigenvalue weighted by Gasteiger charge is 2.17. The zero-order valence-electron chi connectivity index (χ0n) is 10.3. The summed E-state index contributed by atoms with van der Waals surface area (Å²) in [6.07, 6.45) is 1.17. The van der Waals surface area contributed by atoms with Crippen molar-refractivity contribution in [3.05, 3.63) is 28.3 Å². The molecule has 94 valence electrons. The molecular formula is C13H18ClNO2. The van der Waals surface area contributed by atoms with E-state index in [1.165, 1.54) is 5.56 Å². The number of ether oxygens (including phenoxy) is 2. The highest BCUT2D eigenvalue weighted by Crippen LogP contribution is 2.32. The van der Waals surface area contributed by atoms with Gasteiger partial charge in [-0.05, 0) is 24.6 Å². The Morgan fingerprint density at radius 3 is 3.12 bits per heavy atom. The first-order valence-electron chi connectivity index (χ1n) is 5.88. The topological polar surface area (TPSA) is 30.5 Å². The highest BCUT2D eigenvalue weighted by molar-refractivity contribution is 6.30. The monoisotopic (exact) mass is 255 g/mol. The summed E-state index contributed by atoms with van der Waals surface area (Å²) in [5, 5.41) is 4.13. The Labute approximate surface area is 107 Å². The van der Waals surface area contributed by atoms with E-state index in [9.17, 15) is 0 Å². The number of rotatable bonds is 5. The second kappa shape index (κ2) is 5.71. The third-order valence-corrected chi connectivity index (χ3v) is 3.19. The normalized spacial score (nSPS) is 15.5. The van der Waals surface area contributed by atoms with Crippen LogP contribution >= 0.6 is 11.6 Å². The molecule has 1 N–H and O–H groups in total. The van der Waals surface area contributed by atoms with E-state index in [0.29, 0.717) is 0 Å². The summed E-state index contributed by atoms with van der Waals surface area (Å²) in [6.45, 7) is 4.37. The van der Waals surface area contributed by atoms with E-state index in [2.05, 4.69) is 5.32 Å². The Bertz CT molecular complexity index is 395. The van der Waals surface area contributed by atoms with Crippen molar-refractivity contribution in [3.8, 4) is 5.75 Å². The van der Waals surface area contributed by atoms with Crippen molar-refractivity contribution >= 4 is 11.6 Å². The molecule has 1 aromatic rings. The third kappa shape index (κ3) is 3.12. The zero-order valence-corrected chi connectivity index (χ0v) is 11.0. The molecule has 0 fully saturated rings. The predicted octanol–water partition coefficient (Wildman–Crippen LogP) is 2.40. The molecule has 1 aromatic carbocycles. The van der Waals surface area contributed by atoms with Crippen LogP contribution in [0.3, 0.4) is 0 Å². The summed E-state index contributed by atoms with van der Waals surface area (Å²) in [5.41, 5.74) is 2.35. The van der Waals surface area contributed by atoms with Crippen molar-refractivity contribution in [2.24, 2.45) is 0 Å². The minimum Gasteiger partial charge on any atom is -0.493 e. The molecule has 0 aromatic heterocycles. The summed E-state index contributed by atoms with van der Waals surface area (Å²) < 4.78 is 10.8. The maximum atomic E-state index is 6.09. The van der Waals surface area contributed by atoms with Crippen molar-refractivity contribution in [1.82, 2.24) is 5.32 Å². The average Bonchev–Trinajstić information content (AvgIpc) is 2.76. The van der Waals surface area contributed by atoms with Gasteiger partial charge in [0.2, 0.25) is 0 Å². The van der Waals surface area contributed by atoms with E-state index < -0.39 is 0 Å². The molecular weight excluding hydrogens is 238 g/mol. The lowest BCUT2D eigenvalue weighted by atomic mass is 10.1. The van der Waals surface area contributed by atoms with Crippen LogP contribution in [-0.2, 0) is 17.7 Å². The fraction of sp³-hybridized carbons (Fsp3) is 0.538. The van der Waals surface area contributed by atoms with Crippen LogP contribution in [0.4, 0.5) is 0 Å². The molecule has 17 heavy (non-hydrogen) atoms. The van der Waals surface area contributed by atoms with Gasteiger partial charge in [0.05, 0.1) is 12.7 Å². The van der Waals surface area contributed by atoms with Crippen molar-refractivity contribution in [2.75, 3.05) is 20.3 Å². The lowest BCUT2D eigenvalue weighted by molar-refractivity contribution is 0.117. The van der Waals surface area contributed by atoms with Crippen LogP contribution in [-0.4, -0.2) is 26.4 Å². The second-order valence-corrected chi connectivity index (χ2v) is 4.77. The van der Waals surface area contributed by atoms with Gasteiger partial charge in [0.15, 0.2) is 0 Å². The molecule has 0 amide bonds. The van der Waals surface area contributed by atoms with Gasteiger partial charge in [0.1, 0.15) is 5.75 Å². The van der Waals surface area contributed by atoms with Gasteiger partial charge >= 0.3 is 0 Å². The number of fused-ring (bicyclic) bond motifs is 1. The average molecular weight is 256 g/mol. The Morgan fingerprint density at radius 1 is 1.53 bits per heavy atom. The molecule has 0 saturated carbocycles. The first-order valence-corrected chi connectivity index (χ1v) is 6.26. The molecule has 1 aliphatic heterocycles. The molecule has 0 radical (unpaired) electrons. The summed E-state index contributed by atoms with van der Waals surface area (Å²) in [6, 6.07) is 3.96. The highest BCUT2D eigenvalue weighted by atomic mass is 35.5. The summed E-state index contributed by atoms with van der Waals surface area (Å²) in [7, 11) is 1.71. The van der Waals surface area contributed by atoms with Crippen molar-refractivity contribution in [2.45, 2.75) is 26.0 Å². The van der Waals surface area contributed by atoms with Crippen LogP contribution in [0.2, 0.25) is 5.02 Å². The fourth-order valence-electron chi connectivity index (χ4n) is 1.97. The molecule has 0 aliphatic carbocycles. The smallest absolute Gasteiger partial charge is 0.127 e. The van der Waals surface area contributed by atoms with Gasteiger partial charge in [-0.3, -0.25) is 0 Å². The number of hydrogen-bond acceptors (Lipinski definition) is 3. The first kappa shape index (κ1) is 12.7. The number of nitrogens with one attached hydrogen (secondary N) is 1. The van der Waals surface area contributed by atoms with Crippen LogP contribution in [0, 0.1) is 0 Å². The molecule has 1 unspecified atom stereocenters. The number of methoxy groups -OCH3 is 1. The Kier molecular flexibility index (Phi) is 4.26. The van der Waals surface area contributed by atoms with Crippen molar-refractivity contribution in [1.29, 1.82) is 0 Å². The van der Waals surface area contributed by atoms with Crippen molar-refractivity contribution in [3.63, 3.8) is 0 Å². The molecule has 0 bridgehead atoms. The fourth-order valence-corrected chi connectivity index (χ4v) is 2.23. The van der Waals surface area contributed by atoms with Gasteiger partial charge in [0.25, 0.3) is 0 Å². The van der Waals surface area contributed by atoms with Crippen LogP contribution in [0.25, 0.3) is 0 Å². The number of hydrogen-bond donors (Lipinski definition) is 1. The van der Waals surface area contributed by atoms with Crippen LogP contribution in [0.1, 0.15) is 18.1 Å². The third-order valence-electron chi connectivity index (χ3n) is 2.97. The summed E-state index contributed by atoms with van der Waals surface area (Å²) >= 11 is 6.09. The van der Waals surface area contributed by atoms with E-state index >= 15 is 0 Å². The first-order chi connectivity index (χ1) is 8.20. The molecule has 2 rings (SSSR count). The van der Waals surface area contributed by atoms with E-state index in [1.807, 2.05) is 19.1 Å². The molecule has 1 heterocycles. The predicted molar refractivity (Wildman–Crippen MR) is 68.8 cm³/mol. The molecule has 0 saturated heterocycles. The molecule has 4 heteroatoms. The van der Waals surface area contributed by atoms with Gasteiger partial charge in [-0.1, -0.05) is 11.6 Å². The quantitative estimate of drug-likeness (QED) is 0.877. The Morgan fingerprint density at radius 2 is 2.35 bits per heavy atom. The van der Waals surface area contributed by atoms with Gasteiger partial charge in [-0.2, -0.15) is 0 Å². The van der Waals surface area contributed by atoms with E-state index in [0.717, 1.165) is 42.5 Å². The zero-order chi connectivity index (χ0) is 12.3. The minimum atomic E-state index is 0.211. The maximum absolute atomic E-state index is 6.09. The van der Waals surface area contributed by atoms with E-state index in [1.54, 1.807) is 7.11 Å². The largest absolute Gasteiger partial charge is 0.493 e. The minimum absolute atomic E-state index is 0.211. The van der Waals surface area contributed by atoms with E-state index in [-0.39, 0.29) is 6.10 Å². The number of halogens is 1. The van der Waals surface area contributed by atoms with Gasteiger partial charge in [-0.15, -0.1) is 0 Å². The lowest BCUT2D eigenvalue weighted by Gasteiger charge is -2.13. The van der Waals surface area contributed by atoms with Gasteiger partial charge in [-0.25, -0.2) is 0 Å². The summed E-state index contributed by atoms with van der Waals surface area (Å²) in [5.74, 6) is 1.01. The standard InChI is InChI=1S/C13H18ClNO2/c1-9(16-2)7-15-8-11-6-12(14)5-10-3-4-17-13(10)11/h5-6,9,15H,3-4,7-8H2,1-2H3. The lowest BCUT2D eigenvalue weighted by Crippen LogP contribution is -2.25. The molecule has 1 aliphatic rings.